The zero-order valence-corrected chi connectivity index (χ0v) is 25.2. The van der Waals surface area contributed by atoms with Gasteiger partial charge in [-0.3, -0.25) is 13.9 Å². The van der Waals surface area contributed by atoms with Crippen molar-refractivity contribution in [3.8, 4) is 0 Å². The number of amides is 2. The average Bonchev–Trinajstić information content (AvgIpc) is 2.92. The lowest BCUT2D eigenvalue weighted by Crippen LogP contribution is -2.52. The van der Waals surface area contributed by atoms with Gasteiger partial charge < -0.3 is 10.2 Å². The molecule has 1 atom stereocenters. The van der Waals surface area contributed by atoms with Gasteiger partial charge in [-0.15, -0.1) is 0 Å². The third kappa shape index (κ3) is 7.50. The van der Waals surface area contributed by atoms with Crippen LogP contribution in [0, 0.1) is 27.7 Å². The summed E-state index contributed by atoms with van der Waals surface area (Å²) in [4.78, 5) is 29.0. The van der Waals surface area contributed by atoms with Crippen molar-refractivity contribution in [3.63, 3.8) is 0 Å². The van der Waals surface area contributed by atoms with Crippen molar-refractivity contribution < 1.29 is 18.0 Å². The lowest BCUT2D eigenvalue weighted by molar-refractivity contribution is -0.140. The summed E-state index contributed by atoms with van der Waals surface area (Å²) in [6, 6.07) is 19.2. The van der Waals surface area contributed by atoms with Gasteiger partial charge in [0.25, 0.3) is 10.0 Å². The summed E-state index contributed by atoms with van der Waals surface area (Å²) >= 11 is 0. The number of carbonyl (C=O) groups excluding carboxylic acids is 2. The molecule has 3 rings (SSSR count). The van der Waals surface area contributed by atoms with Crippen molar-refractivity contribution >= 4 is 27.5 Å². The first kappa shape index (κ1) is 30.9. The molecule has 40 heavy (non-hydrogen) atoms. The van der Waals surface area contributed by atoms with Crippen molar-refractivity contribution in [2.24, 2.45) is 0 Å². The Balaban J connectivity index is 2.10. The van der Waals surface area contributed by atoms with E-state index in [1.54, 1.807) is 30.3 Å². The molecule has 1 unspecified atom stereocenters. The van der Waals surface area contributed by atoms with E-state index >= 15 is 0 Å². The topological polar surface area (TPSA) is 86.8 Å². The van der Waals surface area contributed by atoms with Crippen LogP contribution in [0.4, 0.5) is 5.69 Å². The Bertz CT molecular complexity index is 1430. The Kier molecular flexibility index (Phi) is 10.5. The monoisotopic (exact) mass is 563 g/mol. The zero-order chi connectivity index (χ0) is 29.4. The number of hydrogen-bond donors (Lipinski definition) is 1. The van der Waals surface area contributed by atoms with E-state index in [1.165, 1.54) is 9.21 Å². The Morgan fingerprint density at radius 2 is 1.50 bits per heavy atom. The second-order valence-corrected chi connectivity index (χ2v) is 12.2. The molecular formula is C32H41N3O4S. The summed E-state index contributed by atoms with van der Waals surface area (Å²) in [5.41, 5.74) is 4.88. The molecule has 0 aliphatic heterocycles. The number of anilines is 1. The molecule has 0 bridgehead atoms. The van der Waals surface area contributed by atoms with E-state index < -0.39 is 28.5 Å². The van der Waals surface area contributed by atoms with Gasteiger partial charge in [-0.1, -0.05) is 73.5 Å². The largest absolute Gasteiger partial charge is 0.354 e. The van der Waals surface area contributed by atoms with Gasteiger partial charge in [-0.2, -0.15) is 0 Å². The second-order valence-electron chi connectivity index (χ2n) is 10.3. The lowest BCUT2D eigenvalue weighted by Gasteiger charge is -2.33. The first-order valence-electron chi connectivity index (χ1n) is 13.8. The smallest absolute Gasteiger partial charge is 0.264 e. The highest BCUT2D eigenvalue weighted by Crippen LogP contribution is 2.29. The van der Waals surface area contributed by atoms with Crippen LogP contribution in [0.1, 0.15) is 54.5 Å². The summed E-state index contributed by atoms with van der Waals surface area (Å²) in [7, 11) is -4.10. The molecule has 7 nitrogen and oxygen atoms in total. The molecular weight excluding hydrogens is 522 g/mol. The van der Waals surface area contributed by atoms with Crippen LogP contribution in [0.5, 0.6) is 0 Å². The molecule has 0 spiro atoms. The van der Waals surface area contributed by atoms with E-state index in [-0.39, 0.29) is 17.3 Å². The van der Waals surface area contributed by atoms with Gasteiger partial charge in [0.15, 0.2) is 0 Å². The Morgan fingerprint density at radius 3 is 2.12 bits per heavy atom. The van der Waals surface area contributed by atoms with Crippen molar-refractivity contribution in [2.45, 2.75) is 71.9 Å². The van der Waals surface area contributed by atoms with Gasteiger partial charge in [0.2, 0.25) is 11.8 Å². The van der Waals surface area contributed by atoms with Gasteiger partial charge in [0.05, 0.1) is 10.6 Å². The molecule has 1 N–H and O–H groups in total. The van der Waals surface area contributed by atoms with E-state index in [4.69, 9.17) is 0 Å². The van der Waals surface area contributed by atoms with Crippen LogP contribution >= 0.6 is 0 Å². The minimum atomic E-state index is -4.10. The van der Waals surface area contributed by atoms with Crippen LogP contribution < -0.4 is 9.62 Å². The minimum absolute atomic E-state index is 0.102. The van der Waals surface area contributed by atoms with E-state index in [0.29, 0.717) is 18.7 Å². The zero-order valence-electron chi connectivity index (χ0n) is 24.4. The molecule has 0 radical (unpaired) electrons. The van der Waals surface area contributed by atoms with Gasteiger partial charge in [-0.05, 0) is 75.4 Å². The molecule has 2 amide bonds. The van der Waals surface area contributed by atoms with Crippen LogP contribution in [0.25, 0.3) is 0 Å². The van der Waals surface area contributed by atoms with Crippen LogP contribution in [0.3, 0.4) is 0 Å². The summed E-state index contributed by atoms with van der Waals surface area (Å²) in [5, 5.41) is 2.91. The summed E-state index contributed by atoms with van der Waals surface area (Å²) in [6.07, 6.45) is 1.16. The van der Waals surface area contributed by atoms with Gasteiger partial charge >= 0.3 is 0 Å². The number of carbonyl (C=O) groups is 2. The number of nitrogens with zero attached hydrogens (tertiary/aromatic N) is 2. The first-order chi connectivity index (χ1) is 19.0. The maximum Gasteiger partial charge on any atom is 0.264 e. The SMILES string of the molecule is CCCNC(=O)C(CC)N(Cc1cccc(C)c1)C(=O)CN(c1cc(C)ccc1C)S(=O)(=O)c1ccc(C)cc1. The van der Waals surface area contributed by atoms with Crippen molar-refractivity contribution in [3.05, 3.63) is 94.5 Å². The van der Waals surface area contributed by atoms with E-state index in [2.05, 4.69) is 5.32 Å². The number of sulfonamides is 1. The quantitative estimate of drug-likeness (QED) is 0.318. The molecule has 214 valence electrons. The summed E-state index contributed by atoms with van der Waals surface area (Å²) in [5.74, 6) is -0.693. The molecule has 3 aromatic carbocycles. The third-order valence-electron chi connectivity index (χ3n) is 6.89. The predicted molar refractivity (Wildman–Crippen MR) is 161 cm³/mol. The van der Waals surface area contributed by atoms with Crippen LogP contribution in [-0.2, 0) is 26.2 Å². The maximum atomic E-state index is 14.2. The van der Waals surface area contributed by atoms with Crippen LogP contribution in [0.15, 0.2) is 71.6 Å². The fourth-order valence-corrected chi connectivity index (χ4v) is 6.10. The number of rotatable bonds is 12. The highest BCUT2D eigenvalue weighted by Gasteiger charge is 2.34. The number of nitrogens with one attached hydrogen (secondary N) is 1. The van der Waals surface area contributed by atoms with Crippen molar-refractivity contribution in [2.75, 3.05) is 17.4 Å². The highest BCUT2D eigenvalue weighted by molar-refractivity contribution is 7.92. The number of benzene rings is 3. The molecule has 0 aliphatic rings. The Labute approximate surface area is 239 Å². The lowest BCUT2D eigenvalue weighted by atomic mass is 10.1. The highest BCUT2D eigenvalue weighted by atomic mass is 32.2. The van der Waals surface area contributed by atoms with Gasteiger partial charge in [-0.25, -0.2) is 8.42 Å². The third-order valence-corrected chi connectivity index (χ3v) is 8.67. The summed E-state index contributed by atoms with van der Waals surface area (Å²) < 4.78 is 29.3. The number of aryl methyl sites for hydroxylation is 4. The maximum absolute atomic E-state index is 14.2. The summed E-state index contributed by atoms with van der Waals surface area (Å²) in [6.45, 7) is 11.6. The van der Waals surface area contributed by atoms with E-state index in [9.17, 15) is 18.0 Å². The second kappa shape index (κ2) is 13.6. The van der Waals surface area contributed by atoms with E-state index in [0.717, 1.165) is 34.2 Å². The normalized spacial score (nSPS) is 12.1. The van der Waals surface area contributed by atoms with E-state index in [1.807, 2.05) is 77.9 Å². The molecule has 0 saturated carbocycles. The predicted octanol–water partition coefficient (Wildman–Crippen LogP) is 5.45. The molecule has 0 fully saturated rings. The number of hydrogen-bond acceptors (Lipinski definition) is 4. The fraction of sp³-hybridized carbons (Fsp3) is 0.375. The van der Waals surface area contributed by atoms with Crippen molar-refractivity contribution in [1.82, 2.24) is 10.2 Å². The molecule has 0 aliphatic carbocycles. The molecule has 0 aromatic heterocycles. The fourth-order valence-electron chi connectivity index (χ4n) is 4.63. The standard InChI is InChI=1S/C32H41N3O4S/c1-7-18-33-32(37)29(8-2)34(21-27-11-9-10-24(4)19-27)31(36)22-35(30-20-25(5)12-15-26(30)6)40(38,39)28-16-13-23(3)14-17-28/h9-17,19-20,29H,7-8,18,21-22H2,1-6H3,(H,33,37). The van der Waals surface area contributed by atoms with Gasteiger partial charge in [0, 0.05) is 13.1 Å². The average molecular weight is 564 g/mol. The molecule has 0 heterocycles. The molecule has 0 saturated heterocycles. The Morgan fingerprint density at radius 1 is 0.850 bits per heavy atom. The minimum Gasteiger partial charge on any atom is -0.354 e. The van der Waals surface area contributed by atoms with Crippen LogP contribution in [-0.4, -0.2) is 44.3 Å². The van der Waals surface area contributed by atoms with Gasteiger partial charge in [0.1, 0.15) is 12.6 Å². The van der Waals surface area contributed by atoms with Crippen LogP contribution in [0.2, 0.25) is 0 Å². The van der Waals surface area contributed by atoms with Crippen molar-refractivity contribution in [1.29, 1.82) is 0 Å². The Hall–Kier alpha value is -3.65. The first-order valence-corrected chi connectivity index (χ1v) is 15.2. The molecule has 3 aromatic rings. The molecule has 8 heteroatoms.